The summed E-state index contributed by atoms with van der Waals surface area (Å²) < 4.78 is 0. The maximum absolute atomic E-state index is 12.0. The predicted molar refractivity (Wildman–Crippen MR) is 74.3 cm³/mol. The SMILES string of the molecule is CC(C)(C)NNC(=O)c1ccc2ccccc2c1. The van der Waals surface area contributed by atoms with E-state index < -0.39 is 0 Å². The smallest absolute Gasteiger partial charge is 0.265 e. The molecule has 1 amide bonds. The van der Waals surface area contributed by atoms with Crippen molar-refractivity contribution in [3.63, 3.8) is 0 Å². The zero-order valence-electron chi connectivity index (χ0n) is 10.9. The standard InChI is InChI=1S/C15H18N2O/c1-15(2,3)17-16-14(18)13-9-8-11-6-4-5-7-12(11)10-13/h4-10,17H,1-3H3,(H,16,18). The number of rotatable bonds is 2. The number of amides is 1. The number of hydrogen-bond donors (Lipinski definition) is 2. The Morgan fingerprint density at radius 1 is 1.00 bits per heavy atom. The lowest BCUT2D eigenvalue weighted by Crippen LogP contribution is -2.48. The highest BCUT2D eigenvalue weighted by Crippen LogP contribution is 2.15. The maximum atomic E-state index is 12.0. The number of hydrogen-bond acceptors (Lipinski definition) is 2. The van der Waals surface area contributed by atoms with E-state index in [-0.39, 0.29) is 11.4 Å². The molecule has 94 valence electrons. The number of nitrogens with one attached hydrogen (secondary N) is 2. The lowest BCUT2D eigenvalue weighted by Gasteiger charge is -2.20. The largest absolute Gasteiger partial charge is 0.287 e. The molecule has 2 N–H and O–H groups in total. The fourth-order valence-electron chi connectivity index (χ4n) is 1.65. The van der Waals surface area contributed by atoms with Crippen LogP contribution in [0.3, 0.4) is 0 Å². The quantitative estimate of drug-likeness (QED) is 0.795. The minimum Gasteiger partial charge on any atom is -0.287 e. The number of hydrazine groups is 1. The van der Waals surface area contributed by atoms with Gasteiger partial charge in [-0.1, -0.05) is 30.3 Å². The lowest BCUT2D eigenvalue weighted by molar-refractivity contribution is 0.0914. The second kappa shape index (κ2) is 4.78. The molecule has 0 spiro atoms. The topological polar surface area (TPSA) is 41.1 Å². The molecule has 0 radical (unpaired) electrons. The summed E-state index contributed by atoms with van der Waals surface area (Å²) in [5.74, 6) is -0.115. The van der Waals surface area contributed by atoms with Crippen molar-refractivity contribution in [2.24, 2.45) is 0 Å². The fraction of sp³-hybridized carbons (Fsp3) is 0.267. The zero-order chi connectivity index (χ0) is 13.2. The molecule has 0 fully saturated rings. The van der Waals surface area contributed by atoms with Crippen molar-refractivity contribution in [2.45, 2.75) is 26.3 Å². The number of fused-ring (bicyclic) bond motifs is 1. The van der Waals surface area contributed by atoms with Crippen molar-refractivity contribution in [2.75, 3.05) is 0 Å². The van der Waals surface area contributed by atoms with E-state index in [1.165, 1.54) is 0 Å². The molecular formula is C15H18N2O. The highest BCUT2D eigenvalue weighted by Gasteiger charge is 2.12. The molecule has 0 bridgehead atoms. The summed E-state index contributed by atoms with van der Waals surface area (Å²) in [6.45, 7) is 5.98. The highest BCUT2D eigenvalue weighted by atomic mass is 16.2. The van der Waals surface area contributed by atoms with Crippen molar-refractivity contribution in [1.29, 1.82) is 0 Å². The van der Waals surface area contributed by atoms with Crippen LogP contribution in [0, 0.1) is 0 Å². The molecule has 0 atom stereocenters. The molecule has 18 heavy (non-hydrogen) atoms. The number of carbonyl (C=O) groups excluding carboxylic acids is 1. The van der Waals surface area contributed by atoms with Crippen molar-refractivity contribution < 1.29 is 4.79 Å². The van der Waals surface area contributed by atoms with Crippen LogP contribution in [-0.4, -0.2) is 11.4 Å². The average molecular weight is 242 g/mol. The third-order valence-corrected chi connectivity index (χ3v) is 2.56. The van der Waals surface area contributed by atoms with Crippen molar-refractivity contribution in [1.82, 2.24) is 10.9 Å². The Morgan fingerprint density at radius 3 is 2.33 bits per heavy atom. The Balaban J connectivity index is 2.18. The summed E-state index contributed by atoms with van der Waals surface area (Å²) in [6, 6.07) is 13.7. The summed E-state index contributed by atoms with van der Waals surface area (Å²) in [7, 11) is 0. The van der Waals surface area contributed by atoms with Crippen LogP contribution in [0.2, 0.25) is 0 Å². The van der Waals surface area contributed by atoms with Crippen LogP contribution in [-0.2, 0) is 0 Å². The van der Waals surface area contributed by atoms with E-state index >= 15 is 0 Å². The van der Waals surface area contributed by atoms with Crippen LogP contribution in [0.4, 0.5) is 0 Å². The third kappa shape index (κ3) is 3.08. The average Bonchev–Trinajstić information content (AvgIpc) is 2.34. The maximum Gasteiger partial charge on any atom is 0.265 e. The van der Waals surface area contributed by atoms with E-state index in [1.54, 1.807) is 0 Å². The molecule has 2 aromatic rings. The Bertz CT molecular complexity index is 570. The van der Waals surface area contributed by atoms with E-state index in [4.69, 9.17) is 0 Å². The number of carbonyl (C=O) groups is 1. The molecular weight excluding hydrogens is 224 g/mol. The summed E-state index contributed by atoms with van der Waals surface area (Å²) in [4.78, 5) is 12.0. The minimum absolute atomic E-state index is 0.115. The first-order chi connectivity index (χ1) is 8.46. The molecule has 3 nitrogen and oxygen atoms in total. The van der Waals surface area contributed by atoms with Gasteiger partial charge < -0.3 is 0 Å². The normalized spacial score (nSPS) is 11.5. The van der Waals surface area contributed by atoms with Crippen molar-refractivity contribution in [3.05, 3.63) is 48.0 Å². The van der Waals surface area contributed by atoms with Gasteiger partial charge >= 0.3 is 0 Å². The van der Waals surface area contributed by atoms with Gasteiger partial charge in [-0.05, 0) is 43.7 Å². The zero-order valence-corrected chi connectivity index (χ0v) is 10.9. The van der Waals surface area contributed by atoms with Crippen LogP contribution in [0.15, 0.2) is 42.5 Å². The fourth-order valence-corrected chi connectivity index (χ4v) is 1.65. The van der Waals surface area contributed by atoms with E-state index in [0.29, 0.717) is 5.56 Å². The van der Waals surface area contributed by atoms with E-state index in [2.05, 4.69) is 10.9 Å². The first-order valence-corrected chi connectivity index (χ1v) is 6.02. The molecule has 0 saturated carbocycles. The highest BCUT2D eigenvalue weighted by molar-refractivity contribution is 5.98. The molecule has 3 heteroatoms. The second-order valence-corrected chi connectivity index (χ2v) is 5.39. The van der Waals surface area contributed by atoms with Crippen LogP contribution in [0.1, 0.15) is 31.1 Å². The van der Waals surface area contributed by atoms with Crippen molar-refractivity contribution in [3.8, 4) is 0 Å². The molecule has 2 aromatic carbocycles. The third-order valence-electron chi connectivity index (χ3n) is 2.56. The van der Waals surface area contributed by atoms with Crippen molar-refractivity contribution >= 4 is 16.7 Å². The van der Waals surface area contributed by atoms with Gasteiger partial charge in [-0.25, -0.2) is 5.43 Å². The van der Waals surface area contributed by atoms with E-state index in [1.807, 2.05) is 63.2 Å². The first-order valence-electron chi connectivity index (χ1n) is 6.02. The summed E-state index contributed by atoms with van der Waals surface area (Å²) in [5.41, 5.74) is 6.19. The Morgan fingerprint density at radius 2 is 1.67 bits per heavy atom. The van der Waals surface area contributed by atoms with Gasteiger partial charge in [0.2, 0.25) is 0 Å². The van der Waals surface area contributed by atoms with Crippen LogP contribution >= 0.6 is 0 Å². The number of benzene rings is 2. The van der Waals surface area contributed by atoms with Gasteiger partial charge in [0, 0.05) is 11.1 Å². The first kappa shape index (κ1) is 12.6. The van der Waals surface area contributed by atoms with Gasteiger partial charge in [0.15, 0.2) is 0 Å². The molecule has 0 aromatic heterocycles. The molecule has 0 aliphatic rings. The van der Waals surface area contributed by atoms with Gasteiger partial charge in [-0.15, -0.1) is 0 Å². The van der Waals surface area contributed by atoms with Gasteiger partial charge in [0.1, 0.15) is 0 Å². The van der Waals surface area contributed by atoms with Gasteiger partial charge in [0.05, 0.1) is 0 Å². The molecule has 0 aliphatic carbocycles. The summed E-state index contributed by atoms with van der Waals surface area (Å²) in [6.07, 6.45) is 0. The molecule has 0 aliphatic heterocycles. The molecule has 0 saturated heterocycles. The van der Waals surface area contributed by atoms with Gasteiger partial charge in [-0.2, -0.15) is 0 Å². The molecule has 0 unspecified atom stereocenters. The van der Waals surface area contributed by atoms with E-state index in [9.17, 15) is 4.79 Å². The second-order valence-electron chi connectivity index (χ2n) is 5.39. The summed E-state index contributed by atoms with van der Waals surface area (Å²) >= 11 is 0. The summed E-state index contributed by atoms with van der Waals surface area (Å²) in [5, 5.41) is 2.21. The molecule has 2 rings (SSSR count). The van der Waals surface area contributed by atoms with Gasteiger partial charge in [0.25, 0.3) is 5.91 Å². The Kier molecular flexibility index (Phi) is 3.34. The lowest BCUT2D eigenvalue weighted by atomic mass is 10.1. The van der Waals surface area contributed by atoms with Gasteiger partial charge in [-0.3, -0.25) is 10.2 Å². The minimum atomic E-state index is -0.146. The monoisotopic (exact) mass is 242 g/mol. The Labute approximate surface area is 107 Å². The Hall–Kier alpha value is -1.87. The predicted octanol–water partition coefficient (Wildman–Crippen LogP) is 2.87. The van der Waals surface area contributed by atoms with Crippen LogP contribution < -0.4 is 10.9 Å². The van der Waals surface area contributed by atoms with Crippen LogP contribution in [0.25, 0.3) is 10.8 Å². The van der Waals surface area contributed by atoms with Crippen LogP contribution in [0.5, 0.6) is 0 Å². The van der Waals surface area contributed by atoms with E-state index in [0.717, 1.165) is 10.8 Å². The molecule has 0 heterocycles.